The maximum Gasteiger partial charge on any atom is 5.00 e. The standard InChI is InChI=1S/2C5H5.3CH3.Ta/c2*1-2-4-5-3-1;;;;/h2*1-5H;3*1H3;/q;;3*-1;+5. The first-order chi connectivity index (χ1) is 5.00. The fraction of sp³-hybridized carbons (Fsp3) is 0. The van der Waals surface area contributed by atoms with Crippen molar-refractivity contribution in [3.05, 3.63) is 86.5 Å². The maximum atomic E-state index is 2.00. The molecule has 2 aliphatic rings. The fourth-order valence-electron chi connectivity index (χ4n) is 0.642. The van der Waals surface area contributed by atoms with Crippen LogP contribution in [-0.2, 0) is 22.4 Å². The summed E-state index contributed by atoms with van der Waals surface area (Å²) in [4.78, 5) is 0. The topological polar surface area (TPSA) is 0 Å². The zero-order valence-electron chi connectivity index (χ0n) is 9.22. The minimum absolute atomic E-state index is 0. The Hall–Kier alpha value is 0.740. The molecule has 2 rings (SSSR count). The van der Waals surface area contributed by atoms with Crippen LogP contribution >= 0.6 is 0 Å². The summed E-state index contributed by atoms with van der Waals surface area (Å²) in [5.41, 5.74) is 0. The fourth-order valence-corrected chi connectivity index (χ4v) is 0.642. The molecule has 0 N–H and O–H groups in total. The third-order valence-electron chi connectivity index (χ3n) is 1.11. The zero-order chi connectivity index (χ0) is 7.07. The molecule has 0 saturated heterocycles. The average molecular weight is 356 g/mol. The summed E-state index contributed by atoms with van der Waals surface area (Å²) in [6.45, 7) is 0. The summed E-state index contributed by atoms with van der Waals surface area (Å²) >= 11 is 0. The van der Waals surface area contributed by atoms with Gasteiger partial charge in [-0.2, -0.15) is 0 Å². The van der Waals surface area contributed by atoms with E-state index in [1.54, 1.807) is 0 Å². The first-order valence-corrected chi connectivity index (χ1v) is 3.33. The second-order valence-electron chi connectivity index (χ2n) is 1.92. The summed E-state index contributed by atoms with van der Waals surface area (Å²) < 4.78 is 0. The van der Waals surface area contributed by atoms with Crippen LogP contribution in [0.25, 0.3) is 0 Å². The molecule has 2 saturated carbocycles. The summed E-state index contributed by atoms with van der Waals surface area (Å²) in [7, 11) is 0. The Morgan fingerprint density at radius 3 is 0.429 bits per heavy atom. The molecule has 0 aliphatic heterocycles. The van der Waals surface area contributed by atoms with Gasteiger partial charge < -0.3 is 22.3 Å². The van der Waals surface area contributed by atoms with Gasteiger partial charge >= 0.3 is 22.4 Å². The molecule has 0 unspecified atom stereocenters. The smallest absolute Gasteiger partial charge is 0.358 e. The van der Waals surface area contributed by atoms with Gasteiger partial charge in [-0.05, 0) is 64.2 Å². The molecule has 74 valence electrons. The Morgan fingerprint density at radius 1 is 0.286 bits per heavy atom. The zero-order valence-corrected chi connectivity index (χ0v) is 12.4. The predicted molar refractivity (Wildman–Crippen MR) is 62.2 cm³/mol. The molecule has 14 heavy (non-hydrogen) atoms. The van der Waals surface area contributed by atoms with E-state index >= 15 is 0 Å². The Bertz CT molecular complexity index is 38.4. The molecular weight excluding hydrogens is 337 g/mol. The van der Waals surface area contributed by atoms with Crippen LogP contribution in [0.5, 0.6) is 0 Å². The van der Waals surface area contributed by atoms with Crippen molar-refractivity contribution in [1.29, 1.82) is 0 Å². The second kappa shape index (κ2) is 19.3. The van der Waals surface area contributed by atoms with Gasteiger partial charge in [-0.3, -0.25) is 0 Å². The molecule has 2 fully saturated rings. The van der Waals surface area contributed by atoms with Gasteiger partial charge in [-0.1, -0.05) is 0 Å². The van der Waals surface area contributed by atoms with Crippen LogP contribution in [0.2, 0.25) is 0 Å². The van der Waals surface area contributed by atoms with Crippen LogP contribution in [0.15, 0.2) is 0 Å². The third kappa shape index (κ3) is 15.2. The molecule has 2 aliphatic carbocycles. The first kappa shape index (κ1) is 24.1. The van der Waals surface area contributed by atoms with Gasteiger partial charge in [-0.15, -0.1) is 0 Å². The average Bonchev–Trinajstić information content (AvgIpc) is 2.67. The van der Waals surface area contributed by atoms with E-state index in [1.165, 1.54) is 0 Å². The molecule has 0 heterocycles. The van der Waals surface area contributed by atoms with Crippen molar-refractivity contribution in [2.24, 2.45) is 0 Å². The summed E-state index contributed by atoms with van der Waals surface area (Å²) in [5, 5.41) is 0. The third-order valence-corrected chi connectivity index (χ3v) is 1.11. The Morgan fingerprint density at radius 2 is 0.357 bits per heavy atom. The summed E-state index contributed by atoms with van der Waals surface area (Å²) in [5.74, 6) is 0. The number of hydrogen-bond donors (Lipinski definition) is 0. The molecule has 0 spiro atoms. The van der Waals surface area contributed by atoms with E-state index in [0.717, 1.165) is 0 Å². The van der Waals surface area contributed by atoms with E-state index < -0.39 is 0 Å². The van der Waals surface area contributed by atoms with Crippen LogP contribution in [0, 0.1) is 86.5 Å². The molecule has 1 heteroatoms. The van der Waals surface area contributed by atoms with Crippen molar-refractivity contribution >= 4 is 0 Å². The Kier molecular flexibility index (Phi) is 33.3. The van der Waals surface area contributed by atoms with Gasteiger partial charge in [0.25, 0.3) is 0 Å². The van der Waals surface area contributed by atoms with Gasteiger partial charge in [0.2, 0.25) is 0 Å². The predicted octanol–water partition coefficient (Wildman–Crippen LogP) is 3.39. The monoisotopic (exact) mass is 356 g/mol. The van der Waals surface area contributed by atoms with Gasteiger partial charge in [0.1, 0.15) is 0 Å². The SMILES string of the molecule is [CH3-].[CH3-].[CH3-].[CH]1[CH][CH][CH][CH]1.[CH]1[CH][CH][CH][CH]1.[Ta+5]. The van der Waals surface area contributed by atoms with E-state index in [2.05, 4.69) is 0 Å². The Balaban J connectivity index is -0.0000000556. The molecule has 0 aromatic carbocycles. The molecule has 10 radical (unpaired) electrons. The van der Waals surface area contributed by atoms with Crippen LogP contribution in [0.4, 0.5) is 0 Å². The minimum atomic E-state index is 0. The van der Waals surface area contributed by atoms with E-state index in [-0.39, 0.29) is 44.7 Å². The van der Waals surface area contributed by atoms with E-state index in [4.69, 9.17) is 0 Å². The maximum absolute atomic E-state index is 2.00. The number of hydrogen-bond acceptors (Lipinski definition) is 0. The molecule has 0 aromatic heterocycles. The van der Waals surface area contributed by atoms with E-state index in [1.807, 2.05) is 64.2 Å². The number of rotatable bonds is 0. The normalized spacial score (nSPS) is 17.1. The van der Waals surface area contributed by atoms with Crippen LogP contribution < -0.4 is 0 Å². The quantitative estimate of drug-likeness (QED) is 0.584. The molecule has 0 atom stereocenters. The van der Waals surface area contributed by atoms with E-state index in [0.29, 0.717) is 0 Å². The molecule has 0 nitrogen and oxygen atoms in total. The van der Waals surface area contributed by atoms with Crippen molar-refractivity contribution in [2.75, 3.05) is 0 Å². The minimum Gasteiger partial charge on any atom is -0.358 e. The van der Waals surface area contributed by atoms with Crippen molar-refractivity contribution < 1.29 is 22.4 Å². The van der Waals surface area contributed by atoms with Crippen molar-refractivity contribution in [1.82, 2.24) is 0 Å². The summed E-state index contributed by atoms with van der Waals surface area (Å²) in [6, 6.07) is 0. The molecule has 0 aromatic rings. The van der Waals surface area contributed by atoms with Gasteiger partial charge in [0.05, 0.1) is 0 Å². The molecule has 0 bridgehead atoms. The first-order valence-electron chi connectivity index (χ1n) is 3.33. The van der Waals surface area contributed by atoms with Gasteiger partial charge in [0, 0.05) is 0 Å². The second-order valence-corrected chi connectivity index (χ2v) is 1.92. The molecular formula is C13H19Ta+2. The van der Waals surface area contributed by atoms with Crippen LogP contribution in [0.3, 0.4) is 0 Å². The Labute approximate surface area is 109 Å². The van der Waals surface area contributed by atoms with Crippen LogP contribution in [0.1, 0.15) is 0 Å². The van der Waals surface area contributed by atoms with Crippen molar-refractivity contribution in [3.63, 3.8) is 0 Å². The van der Waals surface area contributed by atoms with Crippen LogP contribution in [-0.4, -0.2) is 0 Å². The van der Waals surface area contributed by atoms with Gasteiger partial charge in [-0.25, -0.2) is 0 Å². The summed E-state index contributed by atoms with van der Waals surface area (Å²) in [6.07, 6.45) is 20.0. The molecule has 0 amide bonds. The van der Waals surface area contributed by atoms with Crippen molar-refractivity contribution in [2.45, 2.75) is 0 Å². The van der Waals surface area contributed by atoms with Crippen molar-refractivity contribution in [3.8, 4) is 0 Å². The largest absolute Gasteiger partial charge is 5.00 e. The van der Waals surface area contributed by atoms with Gasteiger partial charge in [0.15, 0.2) is 0 Å². The van der Waals surface area contributed by atoms with E-state index in [9.17, 15) is 0 Å².